The summed E-state index contributed by atoms with van der Waals surface area (Å²) in [4.78, 5) is 27.0. The van der Waals surface area contributed by atoms with Gasteiger partial charge in [-0.15, -0.1) is 0 Å². The van der Waals surface area contributed by atoms with Crippen LogP contribution in [0.4, 0.5) is 0 Å². The first-order chi connectivity index (χ1) is 9.04. The third-order valence-corrected chi connectivity index (χ3v) is 3.92. The Labute approximate surface area is 115 Å². The maximum absolute atomic E-state index is 12.1. The molecular formula is C14H26N2O3. The summed E-state index contributed by atoms with van der Waals surface area (Å²) in [6.45, 7) is 10.7. The first-order valence-corrected chi connectivity index (χ1v) is 7.29. The molecule has 0 spiro atoms. The molecule has 1 saturated carbocycles. The van der Waals surface area contributed by atoms with Gasteiger partial charge in [-0.25, -0.2) is 0 Å². The molecule has 19 heavy (non-hydrogen) atoms. The van der Waals surface area contributed by atoms with Crippen LogP contribution in [0.3, 0.4) is 0 Å². The van der Waals surface area contributed by atoms with Crippen LogP contribution in [0.5, 0.6) is 0 Å². The molecule has 110 valence electrons. The zero-order valence-corrected chi connectivity index (χ0v) is 12.3. The number of aliphatic carboxylic acids is 1. The van der Waals surface area contributed by atoms with Gasteiger partial charge in [0, 0.05) is 13.1 Å². The summed E-state index contributed by atoms with van der Waals surface area (Å²) < 4.78 is 0. The van der Waals surface area contributed by atoms with E-state index >= 15 is 0 Å². The van der Waals surface area contributed by atoms with Crippen LogP contribution in [-0.2, 0) is 9.59 Å². The Hall–Kier alpha value is -1.10. The summed E-state index contributed by atoms with van der Waals surface area (Å²) in [5, 5.41) is 8.86. The van der Waals surface area contributed by atoms with E-state index in [2.05, 4.69) is 18.7 Å². The van der Waals surface area contributed by atoms with Crippen molar-refractivity contribution in [3.8, 4) is 0 Å². The van der Waals surface area contributed by atoms with Crippen LogP contribution in [0.1, 0.15) is 33.6 Å². The molecule has 5 heteroatoms. The van der Waals surface area contributed by atoms with Crippen molar-refractivity contribution in [3.63, 3.8) is 0 Å². The molecular weight excluding hydrogens is 244 g/mol. The number of nitrogens with zero attached hydrogens (tertiary/aromatic N) is 2. The van der Waals surface area contributed by atoms with Gasteiger partial charge in [-0.3, -0.25) is 9.59 Å². The van der Waals surface area contributed by atoms with Crippen molar-refractivity contribution in [1.29, 1.82) is 0 Å². The molecule has 1 fully saturated rings. The Morgan fingerprint density at radius 3 is 2.11 bits per heavy atom. The molecule has 0 aromatic carbocycles. The quantitative estimate of drug-likeness (QED) is 0.686. The monoisotopic (exact) mass is 270 g/mol. The molecule has 1 aliphatic rings. The van der Waals surface area contributed by atoms with Crippen LogP contribution < -0.4 is 0 Å². The standard InChI is InChI=1S/C14H26N2O3/c1-4-15(5-2)8-7-9-16(6-3)13(17)11-10-12(11)14(18)19/h11-12H,4-10H2,1-3H3,(H,18,19). The van der Waals surface area contributed by atoms with Crippen LogP contribution in [0, 0.1) is 11.8 Å². The maximum Gasteiger partial charge on any atom is 0.307 e. The lowest BCUT2D eigenvalue weighted by Crippen LogP contribution is -2.35. The van der Waals surface area contributed by atoms with E-state index in [1.807, 2.05) is 6.92 Å². The Morgan fingerprint density at radius 2 is 1.68 bits per heavy atom. The molecule has 1 N–H and O–H groups in total. The molecule has 5 nitrogen and oxygen atoms in total. The molecule has 0 aromatic heterocycles. The number of carbonyl (C=O) groups excluding carboxylic acids is 1. The molecule has 0 heterocycles. The topological polar surface area (TPSA) is 60.9 Å². The van der Waals surface area contributed by atoms with Gasteiger partial charge >= 0.3 is 5.97 Å². The fourth-order valence-electron chi connectivity index (χ4n) is 2.42. The number of carboxylic acids is 1. The molecule has 0 bridgehead atoms. The van der Waals surface area contributed by atoms with Crippen molar-refractivity contribution in [2.75, 3.05) is 32.7 Å². The first kappa shape index (κ1) is 16.0. The number of hydrogen-bond acceptors (Lipinski definition) is 3. The Balaban J connectivity index is 2.33. The van der Waals surface area contributed by atoms with Crippen molar-refractivity contribution in [2.45, 2.75) is 33.6 Å². The number of amides is 1. The van der Waals surface area contributed by atoms with Gasteiger partial charge in [0.1, 0.15) is 0 Å². The molecule has 0 saturated heterocycles. The van der Waals surface area contributed by atoms with Crippen molar-refractivity contribution in [2.24, 2.45) is 11.8 Å². The lowest BCUT2D eigenvalue weighted by Gasteiger charge is -2.23. The molecule has 2 atom stereocenters. The van der Waals surface area contributed by atoms with E-state index in [1.54, 1.807) is 4.90 Å². The van der Waals surface area contributed by atoms with Crippen molar-refractivity contribution in [3.05, 3.63) is 0 Å². The minimum Gasteiger partial charge on any atom is -0.481 e. The maximum atomic E-state index is 12.1. The Morgan fingerprint density at radius 1 is 1.05 bits per heavy atom. The number of rotatable bonds is 9. The summed E-state index contributed by atoms with van der Waals surface area (Å²) in [6, 6.07) is 0. The average molecular weight is 270 g/mol. The SMILES string of the molecule is CCN(CC)CCCN(CC)C(=O)C1CC1C(=O)O. The van der Waals surface area contributed by atoms with Gasteiger partial charge in [-0.05, 0) is 39.4 Å². The number of carboxylic acid groups (broad SMARTS) is 1. The fourth-order valence-corrected chi connectivity index (χ4v) is 2.42. The van der Waals surface area contributed by atoms with E-state index in [0.717, 1.165) is 32.6 Å². The summed E-state index contributed by atoms with van der Waals surface area (Å²) in [5.41, 5.74) is 0. The van der Waals surface area contributed by atoms with Gasteiger partial charge in [0.2, 0.25) is 5.91 Å². The minimum atomic E-state index is -0.836. The lowest BCUT2D eigenvalue weighted by atomic mass is 10.2. The fraction of sp³-hybridized carbons (Fsp3) is 0.857. The minimum absolute atomic E-state index is 0.0226. The van der Waals surface area contributed by atoms with Crippen molar-refractivity contribution >= 4 is 11.9 Å². The number of hydrogen-bond donors (Lipinski definition) is 1. The largest absolute Gasteiger partial charge is 0.481 e. The van der Waals surface area contributed by atoms with E-state index in [9.17, 15) is 9.59 Å². The van der Waals surface area contributed by atoms with Crippen LogP contribution >= 0.6 is 0 Å². The van der Waals surface area contributed by atoms with Gasteiger partial charge in [0.25, 0.3) is 0 Å². The summed E-state index contributed by atoms with van der Waals surface area (Å²) in [7, 11) is 0. The van der Waals surface area contributed by atoms with Crippen LogP contribution in [-0.4, -0.2) is 59.5 Å². The van der Waals surface area contributed by atoms with Gasteiger partial charge in [0.05, 0.1) is 11.8 Å². The van der Waals surface area contributed by atoms with Gasteiger partial charge in [-0.2, -0.15) is 0 Å². The summed E-state index contributed by atoms with van der Waals surface area (Å²) in [5.74, 6) is -1.53. The molecule has 0 radical (unpaired) electrons. The normalized spacial score (nSPS) is 21.5. The highest BCUT2D eigenvalue weighted by atomic mass is 16.4. The Bertz CT molecular complexity index is 316. The lowest BCUT2D eigenvalue weighted by molar-refractivity contribution is -0.142. The third-order valence-electron chi connectivity index (χ3n) is 3.92. The second-order valence-corrected chi connectivity index (χ2v) is 5.09. The molecule has 2 unspecified atom stereocenters. The highest BCUT2D eigenvalue weighted by Gasteiger charge is 2.49. The van der Waals surface area contributed by atoms with Gasteiger partial charge in [-0.1, -0.05) is 13.8 Å². The predicted octanol–water partition coefficient (Wildman–Crippen LogP) is 1.29. The van der Waals surface area contributed by atoms with Crippen molar-refractivity contribution in [1.82, 2.24) is 9.80 Å². The zero-order chi connectivity index (χ0) is 14.4. The van der Waals surface area contributed by atoms with E-state index in [0.29, 0.717) is 13.0 Å². The zero-order valence-electron chi connectivity index (χ0n) is 12.3. The highest BCUT2D eigenvalue weighted by molar-refractivity contribution is 5.89. The Kier molecular flexibility index (Phi) is 6.28. The highest BCUT2D eigenvalue weighted by Crippen LogP contribution is 2.40. The summed E-state index contributed by atoms with van der Waals surface area (Å²) in [6.07, 6.45) is 1.46. The van der Waals surface area contributed by atoms with Crippen LogP contribution in [0.2, 0.25) is 0 Å². The van der Waals surface area contributed by atoms with E-state index < -0.39 is 11.9 Å². The van der Waals surface area contributed by atoms with Crippen LogP contribution in [0.25, 0.3) is 0 Å². The molecule has 1 amide bonds. The smallest absolute Gasteiger partial charge is 0.307 e. The third kappa shape index (κ3) is 4.49. The van der Waals surface area contributed by atoms with Gasteiger partial charge < -0.3 is 14.9 Å². The summed E-state index contributed by atoms with van der Waals surface area (Å²) >= 11 is 0. The number of carbonyl (C=O) groups is 2. The van der Waals surface area contributed by atoms with E-state index in [1.165, 1.54) is 0 Å². The molecule has 1 rings (SSSR count). The van der Waals surface area contributed by atoms with E-state index in [-0.39, 0.29) is 11.8 Å². The second-order valence-electron chi connectivity index (χ2n) is 5.09. The van der Waals surface area contributed by atoms with Crippen LogP contribution in [0.15, 0.2) is 0 Å². The van der Waals surface area contributed by atoms with Gasteiger partial charge in [0.15, 0.2) is 0 Å². The second kappa shape index (κ2) is 7.48. The predicted molar refractivity (Wildman–Crippen MR) is 73.9 cm³/mol. The van der Waals surface area contributed by atoms with E-state index in [4.69, 9.17) is 5.11 Å². The first-order valence-electron chi connectivity index (χ1n) is 7.29. The van der Waals surface area contributed by atoms with Crippen molar-refractivity contribution < 1.29 is 14.7 Å². The average Bonchev–Trinajstić information content (AvgIpc) is 3.19. The molecule has 0 aromatic rings. The molecule has 0 aliphatic heterocycles. The molecule has 1 aliphatic carbocycles.